The van der Waals surface area contributed by atoms with Crippen LogP contribution < -0.4 is 10.6 Å². The molecule has 0 radical (unpaired) electrons. The average molecular weight is 385 g/mol. The number of hydrogen-bond acceptors (Lipinski definition) is 5. The van der Waals surface area contributed by atoms with E-state index in [1.165, 1.54) is 0 Å². The van der Waals surface area contributed by atoms with E-state index in [-0.39, 0.29) is 0 Å². The van der Waals surface area contributed by atoms with E-state index in [2.05, 4.69) is 20.6 Å². The van der Waals surface area contributed by atoms with Crippen LogP contribution >= 0.6 is 23.2 Å². The number of furan rings is 1. The second kappa shape index (κ2) is 7.23. The first-order chi connectivity index (χ1) is 12.7. The summed E-state index contributed by atoms with van der Waals surface area (Å²) in [5, 5.41) is 8.44. The monoisotopic (exact) mass is 384 g/mol. The fraction of sp³-hybridized carbons (Fsp3) is 0.0526. The molecule has 0 spiro atoms. The number of anilines is 3. The fourth-order valence-electron chi connectivity index (χ4n) is 2.56. The van der Waals surface area contributed by atoms with E-state index in [4.69, 9.17) is 27.6 Å². The van der Waals surface area contributed by atoms with Crippen molar-refractivity contribution in [3.8, 4) is 0 Å². The maximum Gasteiger partial charge on any atom is 0.229 e. The van der Waals surface area contributed by atoms with Crippen LogP contribution in [0.25, 0.3) is 10.9 Å². The Morgan fingerprint density at radius 1 is 0.962 bits per heavy atom. The van der Waals surface area contributed by atoms with Crippen molar-refractivity contribution in [1.29, 1.82) is 0 Å². The summed E-state index contributed by atoms with van der Waals surface area (Å²) in [4.78, 5) is 9.15. The Balaban J connectivity index is 1.68. The molecule has 4 rings (SSSR count). The van der Waals surface area contributed by atoms with Gasteiger partial charge in [0.05, 0.1) is 29.0 Å². The Bertz CT molecular complexity index is 1050. The molecule has 0 saturated heterocycles. The number of nitrogens with zero attached hydrogens (tertiary/aromatic N) is 2. The van der Waals surface area contributed by atoms with Gasteiger partial charge in [-0.15, -0.1) is 0 Å². The van der Waals surface area contributed by atoms with Gasteiger partial charge in [0.15, 0.2) is 0 Å². The average Bonchev–Trinajstić information content (AvgIpc) is 3.16. The summed E-state index contributed by atoms with van der Waals surface area (Å²) in [5.41, 5.74) is 1.50. The minimum Gasteiger partial charge on any atom is -0.467 e. The highest BCUT2D eigenvalue weighted by molar-refractivity contribution is 6.36. The van der Waals surface area contributed by atoms with Crippen molar-refractivity contribution in [3.63, 3.8) is 0 Å². The van der Waals surface area contributed by atoms with E-state index in [0.717, 1.165) is 16.7 Å². The minimum atomic E-state index is 0.440. The molecule has 2 heterocycles. The lowest BCUT2D eigenvalue weighted by Gasteiger charge is -2.12. The molecule has 0 fully saturated rings. The number of nitrogens with one attached hydrogen (secondary N) is 2. The number of para-hydroxylation sites is 1. The lowest BCUT2D eigenvalue weighted by atomic mass is 10.2. The molecule has 0 unspecified atom stereocenters. The van der Waals surface area contributed by atoms with E-state index >= 15 is 0 Å². The third kappa shape index (κ3) is 3.59. The molecule has 2 N–H and O–H groups in total. The smallest absolute Gasteiger partial charge is 0.229 e. The van der Waals surface area contributed by atoms with Crippen LogP contribution in [0.4, 0.5) is 17.5 Å². The Labute approximate surface area is 160 Å². The molecule has 26 heavy (non-hydrogen) atoms. The highest BCUT2D eigenvalue weighted by atomic mass is 35.5. The third-order valence-corrected chi connectivity index (χ3v) is 4.34. The molecule has 0 aliphatic heterocycles. The first kappa shape index (κ1) is 16.7. The summed E-state index contributed by atoms with van der Waals surface area (Å²) in [6.07, 6.45) is 1.64. The highest BCUT2D eigenvalue weighted by Crippen LogP contribution is 2.29. The molecule has 0 aliphatic carbocycles. The Morgan fingerprint density at radius 2 is 1.85 bits per heavy atom. The Kier molecular flexibility index (Phi) is 4.65. The third-order valence-electron chi connectivity index (χ3n) is 3.79. The maximum absolute atomic E-state index is 6.24. The zero-order chi connectivity index (χ0) is 17.9. The molecule has 0 amide bonds. The van der Waals surface area contributed by atoms with Gasteiger partial charge in [0, 0.05) is 10.4 Å². The number of halogens is 2. The van der Waals surface area contributed by atoms with Crippen LogP contribution in [0.5, 0.6) is 0 Å². The minimum absolute atomic E-state index is 0.440. The topological polar surface area (TPSA) is 63.0 Å². The fourth-order valence-corrected chi connectivity index (χ4v) is 3.02. The van der Waals surface area contributed by atoms with Gasteiger partial charge in [0.25, 0.3) is 0 Å². The normalized spacial score (nSPS) is 10.8. The molecule has 0 atom stereocenters. The molecular weight excluding hydrogens is 371 g/mol. The van der Waals surface area contributed by atoms with Gasteiger partial charge in [-0.3, -0.25) is 0 Å². The number of benzene rings is 2. The van der Waals surface area contributed by atoms with Gasteiger partial charge in [0.1, 0.15) is 11.6 Å². The zero-order valence-electron chi connectivity index (χ0n) is 13.5. The molecule has 0 saturated carbocycles. The summed E-state index contributed by atoms with van der Waals surface area (Å²) >= 11 is 12.2. The van der Waals surface area contributed by atoms with E-state index in [9.17, 15) is 0 Å². The molecule has 5 nitrogen and oxygen atoms in total. The summed E-state index contributed by atoms with van der Waals surface area (Å²) in [6.45, 7) is 0.523. The van der Waals surface area contributed by atoms with E-state index < -0.39 is 0 Å². The quantitative estimate of drug-likeness (QED) is 0.449. The van der Waals surface area contributed by atoms with Gasteiger partial charge >= 0.3 is 0 Å². The second-order valence-electron chi connectivity index (χ2n) is 5.60. The molecule has 2 aromatic carbocycles. The molecule has 7 heteroatoms. The second-order valence-corrected chi connectivity index (χ2v) is 6.44. The van der Waals surface area contributed by atoms with Gasteiger partial charge in [-0.1, -0.05) is 35.3 Å². The van der Waals surface area contributed by atoms with Crippen LogP contribution in [-0.2, 0) is 6.54 Å². The molecule has 130 valence electrons. The Morgan fingerprint density at radius 3 is 2.65 bits per heavy atom. The van der Waals surface area contributed by atoms with Crippen molar-refractivity contribution in [2.45, 2.75) is 6.54 Å². The first-order valence-electron chi connectivity index (χ1n) is 7.94. The Hall–Kier alpha value is -2.76. The predicted octanol–water partition coefficient (Wildman–Crippen LogP) is 5.89. The molecule has 0 bridgehead atoms. The zero-order valence-corrected chi connectivity index (χ0v) is 15.1. The van der Waals surface area contributed by atoms with Crippen molar-refractivity contribution >= 4 is 51.6 Å². The molecular formula is C19H14Cl2N4O. The lowest BCUT2D eigenvalue weighted by Crippen LogP contribution is -2.05. The van der Waals surface area contributed by atoms with Crippen molar-refractivity contribution < 1.29 is 4.42 Å². The van der Waals surface area contributed by atoms with Crippen molar-refractivity contribution in [2.24, 2.45) is 0 Å². The van der Waals surface area contributed by atoms with E-state index in [1.54, 1.807) is 24.5 Å². The lowest BCUT2D eigenvalue weighted by molar-refractivity contribution is 0.518. The van der Waals surface area contributed by atoms with Gasteiger partial charge in [-0.25, -0.2) is 4.98 Å². The van der Waals surface area contributed by atoms with Crippen LogP contribution in [0.1, 0.15) is 5.76 Å². The maximum atomic E-state index is 6.24. The van der Waals surface area contributed by atoms with Crippen LogP contribution in [-0.4, -0.2) is 9.97 Å². The molecule has 2 aromatic heterocycles. The summed E-state index contributed by atoms with van der Waals surface area (Å²) in [5.74, 6) is 1.97. The largest absolute Gasteiger partial charge is 0.467 e. The van der Waals surface area contributed by atoms with E-state index in [0.29, 0.717) is 34.0 Å². The molecule has 0 aliphatic rings. The van der Waals surface area contributed by atoms with Gasteiger partial charge in [0.2, 0.25) is 5.95 Å². The van der Waals surface area contributed by atoms with Crippen LogP contribution in [0.15, 0.2) is 65.3 Å². The SMILES string of the molecule is Clc1ccc(Nc2nc(NCc3ccco3)c3ccccc3n2)c(Cl)c1. The van der Waals surface area contributed by atoms with Crippen molar-refractivity contribution in [3.05, 3.63) is 76.7 Å². The van der Waals surface area contributed by atoms with Gasteiger partial charge in [-0.05, 0) is 42.5 Å². The predicted molar refractivity (Wildman–Crippen MR) is 105 cm³/mol. The standard InChI is InChI=1S/C19H14Cl2N4O/c20-12-7-8-17(15(21)10-12)24-19-23-16-6-2-1-5-14(16)18(25-19)22-11-13-4-3-9-26-13/h1-10H,11H2,(H2,22,23,24,25). The van der Waals surface area contributed by atoms with Crippen LogP contribution in [0.2, 0.25) is 10.0 Å². The number of hydrogen-bond donors (Lipinski definition) is 2. The van der Waals surface area contributed by atoms with Crippen LogP contribution in [0.3, 0.4) is 0 Å². The molecule has 4 aromatic rings. The summed E-state index contributed by atoms with van der Waals surface area (Å²) in [6, 6.07) is 16.8. The number of aromatic nitrogens is 2. The van der Waals surface area contributed by atoms with Gasteiger partial charge < -0.3 is 15.1 Å². The van der Waals surface area contributed by atoms with E-state index in [1.807, 2.05) is 36.4 Å². The first-order valence-corrected chi connectivity index (χ1v) is 8.70. The van der Waals surface area contributed by atoms with Crippen LogP contribution in [0, 0.1) is 0 Å². The number of rotatable bonds is 5. The number of fused-ring (bicyclic) bond motifs is 1. The van der Waals surface area contributed by atoms with Crippen molar-refractivity contribution in [1.82, 2.24) is 9.97 Å². The summed E-state index contributed by atoms with van der Waals surface area (Å²) in [7, 11) is 0. The highest BCUT2D eigenvalue weighted by Gasteiger charge is 2.10. The van der Waals surface area contributed by atoms with Gasteiger partial charge in [-0.2, -0.15) is 4.98 Å². The van der Waals surface area contributed by atoms with Crippen molar-refractivity contribution in [2.75, 3.05) is 10.6 Å². The summed E-state index contributed by atoms with van der Waals surface area (Å²) < 4.78 is 5.37.